The number of aromatic nitrogens is 2. The molecule has 0 spiro atoms. The molecule has 0 atom stereocenters. The van der Waals surface area contributed by atoms with Crippen molar-refractivity contribution in [1.82, 2.24) is 14.7 Å². The number of nitrogens with zero attached hydrogens (tertiary/aromatic N) is 3. The number of rotatable bonds is 5. The predicted molar refractivity (Wildman–Crippen MR) is 83.9 cm³/mol. The number of amides is 1. The van der Waals surface area contributed by atoms with Crippen LogP contribution in [0.25, 0.3) is 0 Å². The van der Waals surface area contributed by atoms with E-state index in [0.29, 0.717) is 24.5 Å². The van der Waals surface area contributed by atoms with E-state index >= 15 is 0 Å². The molecule has 112 valence electrons. The van der Waals surface area contributed by atoms with Crippen molar-refractivity contribution in [1.29, 1.82) is 0 Å². The summed E-state index contributed by atoms with van der Waals surface area (Å²) in [4.78, 5) is 14.0. The average molecular weight is 286 g/mol. The van der Waals surface area contributed by atoms with E-state index in [2.05, 4.69) is 36.3 Å². The van der Waals surface area contributed by atoms with E-state index in [1.807, 2.05) is 6.92 Å². The predicted octanol–water partition coefficient (Wildman–Crippen LogP) is 2.32. The lowest BCUT2D eigenvalue weighted by Crippen LogP contribution is -2.27. The molecule has 0 saturated heterocycles. The first-order valence-corrected chi connectivity index (χ1v) is 7.21. The molecule has 21 heavy (non-hydrogen) atoms. The summed E-state index contributed by atoms with van der Waals surface area (Å²) >= 11 is 0. The molecule has 0 radical (unpaired) electrons. The van der Waals surface area contributed by atoms with Crippen molar-refractivity contribution >= 4 is 11.6 Å². The lowest BCUT2D eigenvalue weighted by Gasteiger charge is -2.16. The van der Waals surface area contributed by atoms with Gasteiger partial charge in [0.05, 0.1) is 5.69 Å². The second-order valence-electron chi connectivity index (χ2n) is 5.12. The van der Waals surface area contributed by atoms with Crippen LogP contribution in [0.1, 0.15) is 35.5 Å². The summed E-state index contributed by atoms with van der Waals surface area (Å²) in [5.74, 6) is -0.153. The zero-order chi connectivity index (χ0) is 15.4. The maximum Gasteiger partial charge on any atom is 0.276 e. The lowest BCUT2D eigenvalue weighted by atomic mass is 10.1. The quantitative estimate of drug-likeness (QED) is 0.917. The maximum atomic E-state index is 12.4. The van der Waals surface area contributed by atoms with E-state index in [0.717, 1.165) is 12.0 Å². The zero-order valence-corrected chi connectivity index (χ0v) is 12.8. The van der Waals surface area contributed by atoms with Crippen molar-refractivity contribution < 1.29 is 4.79 Å². The molecule has 0 unspecified atom stereocenters. The number of nitrogens with two attached hydrogens (primary N) is 1. The molecule has 5 nitrogen and oxygen atoms in total. The van der Waals surface area contributed by atoms with Gasteiger partial charge in [-0.25, -0.2) is 0 Å². The lowest BCUT2D eigenvalue weighted by molar-refractivity contribution is 0.0779. The van der Waals surface area contributed by atoms with E-state index in [4.69, 9.17) is 5.73 Å². The molecule has 0 aliphatic rings. The summed E-state index contributed by atoms with van der Waals surface area (Å²) in [5.41, 5.74) is 8.99. The molecule has 5 heteroatoms. The monoisotopic (exact) mass is 286 g/mol. The van der Waals surface area contributed by atoms with Gasteiger partial charge in [-0.1, -0.05) is 31.2 Å². The highest BCUT2D eigenvalue weighted by Gasteiger charge is 2.18. The molecular weight excluding hydrogens is 264 g/mol. The van der Waals surface area contributed by atoms with Gasteiger partial charge in [0, 0.05) is 26.3 Å². The topological polar surface area (TPSA) is 64.2 Å². The summed E-state index contributed by atoms with van der Waals surface area (Å²) in [5, 5.41) is 4.22. The smallest absolute Gasteiger partial charge is 0.276 e. The van der Waals surface area contributed by atoms with Crippen LogP contribution in [0.5, 0.6) is 0 Å². The third kappa shape index (κ3) is 3.42. The molecule has 0 saturated carbocycles. The van der Waals surface area contributed by atoms with Gasteiger partial charge in [-0.15, -0.1) is 0 Å². The van der Waals surface area contributed by atoms with Crippen molar-refractivity contribution in [3.63, 3.8) is 0 Å². The number of aryl methyl sites for hydroxylation is 2. The summed E-state index contributed by atoms with van der Waals surface area (Å²) < 4.78 is 1.67. The van der Waals surface area contributed by atoms with Gasteiger partial charge < -0.3 is 10.6 Å². The van der Waals surface area contributed by atoms with Crippen LogP contribution in [0.4, 0.5) is 5.69 Å². The van der Waals surface area contributed by atoms with Crippen LogP contribution < -0.4 is 5.73 Å². The Bertz CT molecular complexity index is 616. The number of benzene rings is 1. The molecule has 2 aromatic rings. The van der Waals surface area contributed by atoms with Crippen molar-refractivity contribution in [2.75, 3.05) is 12.8 Å². The van der Waals surface area contributed by atoms with E-state index in [1.54, 1.807) is 22.8 Å². The van der Waals surface area contributed by atoms with Crippen LogP contribution in [0.3, 0.4) is 0 Å². The molecule has 1 heterocycles. The van der Waals surface area contributed by atoms with Crippen LogP contribution in [-0.2, 0) is 19.5 Å². The summed E-state index contributed by atoms with van der Waals surface area (Å²) in [6.07, 6.45) is 2.71. The fourth-order valence-corrected chi connectivity index (χ4v) is 2.17. The Hall–Kier alpha value is -2.30. The summed E-state index contributed by atoms with van der Waals surface area (Å²) in [7, 11) is 1.76. The second kappa shape index (κ2) is 6.43. The van der Waals surface area contributed by atoms with Crippen LogP contribution in [0.2, 0.25) is 0 Å². The van der Waals surface area contributed by atoms with Crippen LogP contribution >= 0.6 is 0 Å². The number of anilines is 1. The first-order valence-electron chi connectivity index (χ1n) is 7.21. The number of carbonyl (C=O) groups excluding carboxylic acids is 1. The largest absolute Gasteiger partial charge is 0.396 e. The number of hydrogen-bond donors (Lipinski definition) is 1. The fraction of sp³-hybridized carbons (Fsp3) is 0.375. The minimum Gasteiger partial charge on any atom is -0.396 e. The summed E-state index contributed by atoms with van der Waals surface area (Å²) in [6, 6.07) is 8.29. The fourth-order valence-electron chi connectivity index (χ4n) is 2.17. The molecule has 2 rings (SSSR count). The van der Waals surface area contributed by atoms with Crippen LogP contribution in [0, 0.1) is 0 Å². The Morgan fingerprint density at radius 2 is 1.86 bits per heavy atom. The molecular formula is C16H22N4O. The molecule has 0 aliphatic heterocycles. The van der Waals surface area contributed by atoms with Gasteiger partial charge in [0.15, 0.2) is 5.69 Å². The third-order valence-electron chi connectivity index (χ3n) is 3.51. The zero-order valence-electron chi connectivity index (χ0n) is 12.8. The van der Waals surface area contributed by atoms with Crippen LogP contribution in [-0.4, -0.2) is 27.6 Å². The van der Waals surface area contributed by atoms with Gasteiger partial charge in [0.1, 0.15) is 0 Å². The van der Waals surface area contributed by atoms with Gasteiger partial charge in [-0.2, -0.15) is 5.10 Å². The molecule has 1 aromatic heterocycles. The maximum absolute atomic E-state index is 12.4. The van der Waals surface area contributed by atoms with Crippen LogP contribution in [0.15, 0.2) is 30.5 Å². The van der Waals surface area contributed by atoms with E-state index in [9.17, 15) is 4.79 Å². The van der Waals surface area contributed by atoms with Crippen molar-refractivity contribution in [2.45, 2.75) is 33.4 Å². The highest BCUT2D eigenvalue weighted by molar-refractivity contribution is 5.96. The normalized spacial score (nSPS) is 10.6. The van der Waals surface area contributed by atoms with E-state index in [-0.39, 0.29) is 5.91 Å². The van der Waals surface area contributed by atoms with Crippen molar-refractivity contribution in [2.24, 2.45) is 0 Å². The Labute approximate surface area is 125 Å². The minimum atomic E-state index is -0.153. The SMILES string of the molecule is CCc1ccc(CN(C)C(=O)c2nn(CC)cc2N)cc1. The second-order valence-corrected chi connectivity index (χ2v) is 5.12. The van der Waals surface area contributed by atoms with Gasteiger partial charge in [-0.3, -0.25) is 9.48 Å². The Morgan fingerprint density at radius 3 is 2.38 bits per heavy atom. The number of nitrogen functional groups attached to an aromatic ring is 1. The number of carbonyl (C=O) groups is 1. The Balaban J connectivity index is 2.09. The molecule has 0 fully saturated rings. The minimum absolute atomic E-state index is 0.153. The third-order valence-corrected chi connectivity index (χ3v) is 3.51. The van der Waals surface area contributed by atoms with Gasteiger partial charge in [0.25, 0.3) is 5.91 Å². The van der Waals surface area contributed by atoms with Gasteiger partial charge in [-0.05, 0) is 24.5 Å². The first kappa shape index (κ1) is 15.1. The number of hydrogen-bond acceptors (Lipinski definition) is 3. The molecule has 1 amide bonds. The first-order chi connectivity index (χ1) is 10.0. The summed E-state index contributed by atoms with van der Waals surface area (Å²) in [6.45, 7) is 5.32. The van der Waals surface area contributed by atoms with E-state index < -0.39 is 0 Å². The van der Waals surface area contributed by atoms with Gasteiger partial charge in [0.2, 0.25) is 0 Å². The Kier molecular flexibility index (Phi) is 4.62. The Morgan fingerprint density at radius 1 is 1.24 bits per heavy atom. The van der Waals surface area contributed by atoms with Gasteiger partial charge >= 0.3 is 0 Å². The standard InChI is InChI=1S/C16H22N4O/c1-4-12-6-8-13(9-7-12)10-19(3)16(21)15-14(17)11-20(5-2)18-15/h6-9,11H,4-5,10,17H2,1-3H3. The highest BCUT2D eigenvalue weighted by Crippen LogP contribution is 2.14. The molecule has 0 bridgehead atoms. The average Bonchev–Trinajstić information content (AvgIpc) is 2.88. The van der Waals surface area contributed by atoms with Crippen molar-refractivity contribution in [3.05, 3.63) is 47.3 Å². The molecule has 1 aromatic carbocycles. The molecule has 0 aliphatic carbocycles. The van der Waals surface area contributed by atoms with Crippen molar-refractivity contribution in [3.8, 4) is 0 Å². The highest BCUT2D eigenvalue weighted by atomic mass is 16.2. The van der Waals surface area contributed by atoms with E-state index in [1.165, 1.54) is 5.56 Å². The molecule has 2 N–H and O–H groups in total.